The molecule has 2 rings (SSSR count). The maximum Gasteiger partial charge on any atom is 0.306 e. The zero-order chi connectivity index (χ0) is 12.1. The highest BCUT2D eigenvalue weighted by Gasteiger charge is 2.31. The molecule has 98 valence electrons. The van der Waals surface area contributed by atoms with Gasteiger partial charge in [0.15, 0.2) is 6.29 Å². The zero-order valence-electron chi connectivity index (χ0n) is 10.3. The number of carboxylic acid groups (broad SMARTS) is 1. The molecule has 1 saturated heterocycles. The minimum absolute atomic E-state index is 0.0971. The summed E-state index contributed by atoms with van der Waals surface area (Å²) in [6.45, 7) is 1.32. The summed E-state index contributed by atoms with van der Waals surface area (Å²) >= 11 is 0. The molecule has 17 heavy (non-hydrogen) atoms. The van der Waals surface area contributed by atoms with Gasteiger partial charge in [-0.2, -0.15) is 0 Å². The monoisotopic (exact) mass is 242 g/mol. The molecule has 1 N–H and O–H groups in total. The summed E-state index contributed by atoms with van der Waals surface area (Å²) in [7, 11) is 0. The van der Waals surface area contributed by atoms with Gasteiger partial charge < -0.3 is 14.6 Å². The van der Waals surface area contributed by atoms with Crippen LogP contribution in [0.25, 0.3) is 0 Å². The van der Waals surface area contributed by atoms with Crippen molar-refractivity contribution in [2.45, 2.75) is 51.2 Å². The summed E-state index contributed by atoms with van der Waals surface area (Å²) in [5, 5.41) is 9.16. The minimum atomic E-state index is -0.664. The van der Waals surface area contributed by atoms with Crippen molar-refractivity contribution in [3.05, 3.63) is 0 Å². The second kappa shape index (κ2) is 6.36. The van der Waals surface area contributed by atoms with Crippen LogP contribution in [0.1, 0.15) is 44.9 Å². The van der Waals surface area contributed by atoms with Gasteiger partial charge in [-0.25, -0.2) is 0 Å². The lowest BCUT2D eigenvalue weighted by Crippen LogP contribution is -2.33. The quantitative estimate of drug-likeness (QED) is 0.822. The Bertz CT molecular complexity index is 248. The Hall–Kier alpha value is -0.610. The molecule has 0 aromatic heterocycles. The molecule has 0 aromatic carbocycles. The molecule has 2 aliphatic rings. The molecule has 1 unspecified atom stereocenters. The van der Waals surface area contributed by atoms with E-state index in [1.165, 1.54) is 0 Å². The molecule has 1 aliphatic heterocycles. The normalized spacial score (nSPS) is 34.5. The third-order valence-electron chi connectivity index (χ3n) is 3.86. The van der Waals surface area contributed by atoms with E-state index in [4.69, 9.17) is 14.6 Å². The van der Waals surface area contributed by atoms with E-state index in [2.05, 4.69) is 0 Å². The first-order valence-electron chi connectivity index (χ1n) is 6.73. The Morgan fingerprint density at radius 2 is 1.94 bits per heavy atom. The maximum absolute atomic E-state index is 11.1. The van der Waals surface area contributed by atoms with Crippen molar-refractivity contribution in [3.8, 4) is 0 Å². The van der Waals surface area contributed by atoms with Crippen LogP contribution in [0.5, 0.6) is 0 Å². The molecule has 0 spiro atoms. The Morgan fingerprint density at radius 3 is 2.65 bits per heavy atom. The highest BCUT2D eigenvalue weighted by molar-refractivity contribution is 5.70. The summed E-state index contributed by atoms with van der Waals surface area (Å²) in [6, 6.07) is 0. The average Bonchev–Trinajstić information content (AvgIpc) is 2.38. The van der Waals surface area contributed by atoms with Crippen molar-refractivity contribution in [1.29, 1.82) is 0 Å². The second-order valence-electron chi connectivity index (χ2n) is 5.12. The highest BCUT2D eigenvalue weighted by Crippen LogP contribution is 2.31. The van der Waals surface area contributed by atoms with Gasteiger partial charge in [-0.3, -0.25) is 4.79 Å². The molecular formula is C13H22O4. The largest absolute Gasteiger partial charge is 0.481 e. The van der Waals surface area contributed by atoms with Crippen molar-refractivity contribution < 1.29 is 19.4 Å². The third kappa shape index (κ3) is 3.68. The van der Waals surface area contributed by atoms with Gasteiger partial charge in [0, 0.05) is 6.61 Å². The number of ether oxygens (including phenoxy) is 2. The summed E-state index contributed by atoms with van der Waals surface area (Å²) in [5.41, 5.74) is 0. The van der Waals surface area contributed by atoms with E-state index in [1.807, 2.05) is 0 Å². The molecule has 3 atom stereocenters. The van der Waals surface area contributed by atoms with E-state index >= 15 is 0 Å². The van der Waals surface area contributed by atoms with Gasteiger partial charge in [0.25, 0.3) is 0 Å². The fourth-order valence-corrected chi connectivity index (χ4v) is 2.81. The predicted molar refractivity (Wildman–Crippen MR) is 62.6 cm³/mol. The van der Waals surface area contributed by atoms with Crippen molar-refractivity contribution in [2.24, 2.45) is 11.8 Å². The zero-order valence-corrected chi connectivity index (χ0v) is 10.3. The van der Waals surface area contributed by atoms with E-state index in [9.17, 15) is 4.79 Å². The molecule has 1 saturated carbocycles. The molecule has 1 heterocycles. The lowest BCUT2D eigenvalue weighted by molar-refractivity contribution is -0.177. The first-order valence-corrected chi connectivity index (χ1v) is 6.73. The fraction of sp³-hybridized carbons (Fsp3) is 0.923. The second-order valence-corrected chi connectivity index (χ2v) is 5.12. The molecule has 0 aromatic rings. The van der Waals surface area contributed by atoms with Crippen LogP contribution in [0.4, 0.5) is 0 Å². The Morgan fingerprint density at radius 1 is 1.18 bits per heavy atom. The van der Waals surface area contributed by atoms with Crippen LogP contribution in [0.3, 0.4) is 0 Å². The Kier molecular flexibility index (Phi) is 4.80. The van der Waals surface area contributed by atoms with Crippen molar-refractivity contribution in [1.82, 2.24) is 0 Å². The highest BCUT2D eigenvalue weighted by atomic mass is 16.7. The van der Waals surface area contributed by atoms with Crippen molar-refractivity contribution >= 4 is 5.97 Å². The topological polar surface area (TPSA) is 55.8 Å². The Labute approximate surface area is 102 Å². The Balaban J connectivity index is 1.77. The summed E-state index contributed by atoms with van der Waals surface area (Å²) in [4.78, 5) is 11.1. The van der Waals surface area contributed by atoms with Crippen LogP contribution >= 0.6 is 0 Å². The SMILES string of the molecule is O=C(O)[C@@H]1CCCC[C@H]1COC1CCCCO1. The molecule has 0 radical (unpaired) electrons. The summed E-state index contributed by atoms with van der Waals surface area (Å²) < 4.78 is 11.2. The van der Waals surface area contributed by atoms with Gasteiger partial charge in [0.05, 0.1) is 12.5 Å². The van der Waals surface area contributed by atoms with Crippen molar-refractivity contribution in [2.75, 3.05) is 13.2 Å². The first kappa shape index (κ1) is 12.8. The van der Waals surface area contributed by atoms with Gasteiger partial charge in [-0.05, 0) is 38.0 Å². The van der Waals surface area contributed by atoms with E-state index in [0.717, 1.165) is 51.6 Å². The molecule has 4 nitrogen and oxygen atoms in total. The summed E-state index contributed by atoms with van der Waals surface area (Å²) in [6.07, 6.45) is 7.05. The van der Waals surface area contributed by atoms with Gasteiger partial charge in [0.2, 0.25) is 0 Å². The molecule has 0 bridgehead atoms. The fourth-order valence-electron chi connectivity index (χ4n) is 2.81. The third-order valence-corrected chi connectivity index (χ3v) is 3.86. The molecule has 2 fully saturated rings. The van der Waals surface area contributed by atoms with Crippen LogP contribution in [0.15, 0.2) is 0 Å². The lowest BCUT2D eigenvalue weighted by Gasteiger charge is -2.30. The van der Waals surface area contributed by atoms with E-state index in [0.29, 0.717) is 6.61 Å². The van der Waals surface area contributed by atoms with Gasteiger partial charge in [-0.15, -0.1) is 0 Å². The van der Waals surface area contributed by atoms with Gasteiger partial charge >= 0.3 is 5.97 Å². The van der Waals surface area contributed by atoms with E-state index in [-0.39, 0.29) is 18.1 Å². The van der Waals surface area contributed by atoms with Crippen LogP contribution in [-0.2, 0) is 14.3 Å². The average molecular weight is 242 g/mol. The van der Waals surface area contributed by atoms with Crippen LogP contribution in [0, 0.1) is 11.8 Å². The van der Waals surface area contributed by atoms with Gasteiger partial charge in [-0.1, -0.05) is 12.8 Å². The van der Waals surface area contributed by atoms with E-state index in [1.54, 1.807) is 0 Å². The standard InChI is InChI=1S/C13H22O4/c14-13(15)11-6-2-1-5-10(11)9-17-12-7-3-4-8-16-12/h10-12H,1-9H2,(H,14,15)/t10-,11+,12?/m0/s1. The molecular weight excluding hydrogens is 220 g/mol. The predicted octanol–water partition coefficient (Wildman–Crippen LogP) is 2.42. The van der Waals surface area contributed by atoms with Gasteiger partial charge in [0.1, 0.15) is 0 Å². The van der Waals surface area contributed by atoms with Crippen LogP contribution < -0.4 is 0 Å². The molecule has 1 aliphatic carbocycles. The smallest absolute Gasteiger partial charge is 0.306 e. The number of aliphatic carboxylic acids is 1. The van der Waals surface area contributed by atoms with Crippen LogP contribution in [0.2, 0.25) is 0 Å². The lowest BCUT2D eigenvalue weighted by atomic mass is 9.80. The molecule has 4 heteroatoms. The van der Waals surface area contributed by atoms with E-state index < -0.39 is 5.97 Å². The number of carboxylic acids is 1. The van der Waals surface area contributed by atoms with Crippen LogP contribution in [-0.4, -0.2) is 30.6 Å². The number of carbonyl (C=O) groups is 1. The number of hydrogen-bond acceptors (Lipinski definition) is 3. The maximum atomic E-state index is 11.1. The number of rotatable bonds is 4. The molecule has 0 amide bonds. The first-order chi connectivity index (χ1) is 8.27. The number of hydrogen-bond donors (Lipinski definition) is 1. The summed E-state index contributed by atoms with van der Waals surface area (Å²) in [5.74, 6) is -0.707. The minimum Gasteiger partial charge on any atom is -0.481 e. The van der Waals surface area contributed by atoms with Crippen molar-refractivity contribution in [3.63, 3.8) is 0 Å².